The molecule has 1 aromatic carbocycles. The summed E-state index contributed by atoms with van der Waals surface area (Å²) in [7, 11) is 0. The van der Waals surface area contributed by atoms with Crippen molar-refractivity contribution in [2.24, 2.45) is 0 Å². The smallest absolute Gasteiger partial charge is 0.352 e. The van der Waals surface area contributed by atoms with Gasteiger partial charge >= 0.3 is 11.9 Å². The molecule has 0 bridgehead atoms. The number of hydrogen-bond acceptors (Lipinski definition) is 8. The summed E-state index contributed by atoms with van der Waals surface area (Å²) in [6.45, 7) is 18.5. The highest BCUT2D eigenvalue weighted by atomic mass is 16.7. The molecule has 1 fully saturated rings. The number of pyridine rings is 1. The zero-order chi connectivity index (χ0) is 30.6. The quantitative estimate of drug-likeness (QED) is 0.105. The molecule has 0 amide bonds. The average Bonchev–Trinajstić information content (AvgIpc) is 2.84. The highest BCUT2D eigenvalue weighted by molar-refractivity contribution is 6.16. The predicted octanol–water partition coefficient (Wildman–Crippen LogP) is 6.92. The zero-order valence-corrected chi connectivity index (χ0v) is 26.2. The number of hydrogen-bond donors (Lipinski definition) is 2. The topological polar surface area (TPSA) is 101 Å². The molecule has 41 heavy (non-hydrogen) atoms. The number of rotatable bonds is 10. The normalized spacial score (nSPS) is 15.3. The van der Waals surface area contributed by atoms with Crippen LogP contribution in [0.25, 0.3) is 0 Å². The van der Waals surface area contributed by atoms with Crippen molar-refractivity contribution in [2.75, 3.05) is 11.9 Å². The Kier molecular flexibility index (Phi) is 9.77. The Labute approximate surface area is 245 Å². The van der Waals surface area contributed by atoms with E-state index in [1.54, 1.807) is 12.4 Å². The molecule has 0 aliphatic carbocycles. The number of anilines is 1. The van der Waals surface area contributed by atoms with Crippen molar-refractivity contribution in [3.05, 3.63) is 64.7 Å². The molecule has 1 aliphatic heterocycles. The van der Waals surface area contributed by atoms with Crippen LogP contribution in [0.2, 0.25) is 0 Å². The monoisotopic (exact) mass is 565 g/mol. The van der Waals surface area contributed by atoms with Crippen molar-refractivity contribution in [1.82, 2.24) is 9.88 Å². The van der Waals surface area contributed by atoms with Crippen LogP contribution < -0.4 is 5.32 Å². The summed E-state index contributed by atoms with van der Waals surface area (Å²) in [5.74, 6) is -2.29. The first-order valence-corrected chi connectivity index (χ1v) is 14.5. The van der Waals surface area contributed by atoms with Crippen molar-refractivity contribution >= 4 is 17.6 Å². The molecule has 0 unspecified atom stereocenters. The van der Waals surface area contributed by atoms with Gasteiger partial charge in [-0.3, -0.25) is 4.98 Å². The van der Waals surface area contributed by atoms with Crippen molar-refractivity contribution in [2.45, 2.75) is 111 Å². The van der Waals surface area contributed by atoms with Crippen LogP contribution in [-0.2, 0) is 36.4 Å². The van der Waals surface area contributed by atoms with Gasteiger partial charge in [0.05, 0.1) is 0 Å². The predicted molar refractivity (Wildman–Crippen MR) is 161 cm³/mol. The molecular weight excluding hydrogens is 518 g/mol. The molecule has 224 valence electrons. The standard InChI is InChI=1S/C33H47N3O5/c1-10-11-12-13-18-36(21-22-14-16-34-17-15-22)28(26-29(38)40-33(8,9)41-30(26)39)35-23-19-24(31(2,3)4)27(37)25(20-23)32(5,6)7/h14-17,19-20,35,37H,10-13,18,21H2,1-9H3. The Balaban J connectivity index is 2.22. The number of unbranched alkanes of at least 4 members (excludes halogenated alkanes) is 3. The largest absolute Gasteiger partial charge is 0.507 e. The second-order valence-electron chi connectivity index (χ2n) is 13.3. The number of phenols is 1. The molecule has 0 radical (unpaired) electrons. The van der Waals surface area contributed by atoms with Gasteiger partial charge in [-0.1, -0.05) is 67.7 Å². The van der Waals surface area contributed by atoms with Gasteiger partial charge in [0.1, 0.15) is 11.6 Å². The summed E-state index contributed by atoms with van der Waals surface area (Å²) < 4.78 is 11.1. The summed E-state index contributed by atoms with van der Waals surface area (Å²) in [5, 5.41) is 14.7. The number of carbonyl (C=O) groups excluding carboxylic acids is 2. The first-order chi connectivity index (χ1) is 19.0. The fourth-order valence-electron chi connectivity index (χ4n) is 4.84. The summed E-state index contributed by atoms with van der Waals surface area (Å²) in [4.78, 5) is 32.9. The van der Waals surface area contributed by atoms with Crippen molar-refractivity contribution in [1.29, 1.82) is 0 Å². The summed E-state index contributed by atoms with van der Waals surface area (Å²) in [5.41, 5.74) is 2.24. The number of cyclic esters (lactones) is 2. The lowest BCUT2D eigenvalue weighted by molar-refractivity contribution is -0.222. The molecule has 8 nitrogen and oxygen atoms in total. The second-order valence-corrected chi connectivity index (χ2v) is 13.3. The van der Waals surface area contributed by atoms with E-state index in [1.165, 1.54) is 13.8 Å². The van der Waals surface area contributed by atoms with E-state index in [2.05, 4.69) is 17.2 Å². The number of aromatic nitrogens is 1. The van der Waals surface area contributed by atoms with E-state index in [0.717, 1.165) is 42.4 Å². The van der Waals surface area contributed by atoms with Gasteiger partial charge < -0.3 is 24.8 Å². The molecule has 1 aliphatic rings. The number of nitrogens with zero attached hydrogens (tertiary/aromatic N) is 2. The number of carbonyl (C=O) groups is 2. The van der Waals surface area contributed by atoms with Gasteiger partial charge in [0.2, 0.25) is 0 Å². The maximum Gasteiger partial charge on any atom is 0.352 e. The molecule has 0 saturated carbocycles. The lowest BCUT2D eigenvalue weighted by atomic mass is 9.79. The van der Waals surface area contributed by atoms with Gasteiger partial charge in [-0.25, -0.2) is 9.59 Å². The minimum absolute atomic E-state index is 0.184. The third kappa shape index (κ3) is 8.24. The van der Waals surface area contributed by atoms with E-state index in [0.29, 0.717) is 24.6 Å². The number of phenolic OH excluding ortho intramolecular Hbond substituents is 1. The van der Waals surface area contributed by atoms with Gasteiger partial charge in [-0.05, 0) is 47.1 Å². The Morgan fingerprint density at radius 2 is 1.46 bits per heavy atom. The van der Waals surface area contributed by atoms with E-state index in [9.17, 15) is 14.7 Å². The van der Waals surface area contributed by atoms with Crippen LogP contribution in [-0.4, -0.2) is 39.3 Å². The van der Waals surface area contributed by atoms with E-state index in [-0.39, 0.29) is 22.2 Å². The number of aromatic hydroxyl groups is 1. The van der Waals surface area contributed by atoms with Gasteiger partial charge in [-0.15, -0.1) is 0 Å². The van der Waals surface area contributed by atoms with Crippen LogP contribution >= 0.6 is 0 Å². The van der Waals surface area contributed by atoms with Crippen LogP contribution in [0.3, 0.4) is 0 Å². The zero-order valence-electron chi connectivity index (χ0n) is 26.2. The maximum atomic E-state index is 13.4. The first kappa shape index (κ1) is 32.0. The van der Waals surface area contributed by atoms with E-state index >= 15 is 0 Å². The minimum atomic E-state index is -1.36. The van der Waals surface area contributed by atoms with Crippen LogP contribution in [0, 0.1) is 0 Å². The molecular formula is C33H47N3O5. The lowest BCUT2D eigenvalue weighted by Gasteiger charge is -2.35. The molecule has 0 atom stereocenters. The summed E-state index contributed by atoms with van der Waals surface area (Å²) >= 11 is 0. The molecule has 0 spiro atoms. The molecule has 3 rings (SSSR count). The molecule has 2 N–H and O–H groups in total. The van der Waals surface area contributed by atoms with Crippen LogP contribution in [0.15, 0.2) is 48.1 Å². The van der Waals surface area contributed by atoms with Crippen molar-refractivity contribution in [3.8, 4) is 5.75 Å². The fraction of sp³-hybridized carbons (Fsp3) is 0.545. The number of esters is 2. The van der Waals surface area contributed by atoms with Crippen molar-refractivity contribution in [3.63, 3.8) is 0 Å². The molecule has 1 aromatic heterocycles. The lowest BCUT2D eigenvalue weighted by Crippen LogP contribution is -2.44. The number of nitrogens with one attached hydrogen (secondary N) is 1. The fourth-order valence-corrected chi connectivity index (χ4v) is 4.84. The number of benzene rings is 1. The highest BCUT2D eigenvalue weighted by Gasteiger charge is 2.42. The van der Waals surface area contributed by atoms with E-state index < -0.39 is 17.7 Å². The van der Waals surface area contributed by atoms with Crippen LogP contribution in [0.4, 0.5) is 5.69 Å². The van der Waals surface area contributed by atoms with Gasteiger partial charge in [-0.2, -0.15) is 0 Å². The van der Waals surface area contributed by atoms with E-state index in [4.69, 9.17) is 9.47 Å². The Hall–Kier alpha value is -3.55. The maximum absolute atomic E-state index is 13.4. The summed E-state index contributed by atoms with van der Waals surface area (Å²) in [6.07, 6.45) is 7.49. The Morgan fingerprint density at radius 1 is 0.927 bits per heavy atom. The van der Waals surface area contributed by atoms with Gasteiger partial charge in [0.15, 0.2) is 5.57 Å². The van der Waals surface area contributed by atoms with Gasteiger partial charge in [0, 0.05) is 56.1 Å². The SMILES string of the molecule is CCCCCCN(Cc1ccncc1)C(Nc1cc(C(C)(C)C)c(O)c(C(C)(C)C)c1)=C1C(=O)OC(C)(C)OC1=O. The Morgan fingerprint density at radius 3 is 1.95 bits per heavy atom. The highest BCUT2D eigenvalue weighted by Crippen LogP contribution is 2.41. The van der Waals surface area contributed by atoms with Crippen molar-refractivity contribution < 1.29 is 24.2 Å². The molecule has 8 heteroatoms. The van der Waals surface area contributed by atoms with Crippen LogP contribution in [0.1, 0.15) is 105 Å². The average molecular weight is 566 g/mol. The van der Waals surface area contributed by atoms with Gasteiger partial charge in [0.25, 0.3) is 5.79 Å². The minimum Gasteiger partial charge on any atom is -0.507 e. The number of ether oxygens (including phenoxy) is 2. The van der Waals surface area contributed by atoms with Crippen LogP contribution in [0.5, 0.6) is 5.75 Å². The first-order valence-electron chi connectivity index (χ1n) is 14.5. The Bertz CT molecular complexity index is 1210. The van der Waals surface area contributed by atoms with E-state index in [1.807, 2.05) is 70.7 Å². The third-order valence-electron chi connectivity index (χ3n) is 7.03. The molecule has 2 aromatic rings. The third-order valence-corrected chi connectivity index (χ3v) is 7.03. The molecule has 1 saturated heterocycles. The molecule has 2 heterocycles. The summed E-state index contributed by atoms with van der Waals surface area (Å²) in [6, 6.07) is 7.60. The second kappa shape index (κ2) is 12.5.